The van der Waals surface area contributed by atoms with Crippen LogP contribution in [0.1, 0.15) is 35.3 Å². The van der Waals surface area contributed by atoms with E-state index in [9.17, 15) is 4.79 Å². The van der Waals surface area contributed by atoms with Gasteiger partial charge in [-0.2, -0.15) is 5.10 Å². The summed E-state index contributed by atoms with van der Waals surface area (Å²) >= 11 is 0. The van der Waals surface area contributed by atoms with Gasteiger partial charge in [0, 0.05) is 19.7 Å². The average Bonchev–Trinajstić information content (AvgIpc) is 2.33. The maximum Gasteiger partial charge on any atom is 0.166 e. The van der Waals surface area contributed by atoms with Crippen LogP contribution < -0.4 is 0 Å². The number of fused-ring (bicyclic) bond motifs is 1. The van der Waals surface area contributed by atoms with Crippen molar-refractivity contribution in [3.8, 4) is 0 Å². The van der Waals surface area contributed by atoms with Gasteiger partial charge in [-0.3, -0.25) is 9.48 Å². The topological polar surface area (TPSA) is 34.9 Å². The first kappa shape index (κ1) is 7.53. The smallest absolute Gasteiger partial charge is 0.166 e. The summed E-state index contributed by atoms with van der Waals surface area (Å²) in [5.41, 5.74) is 1.83. The first-order chi connectivity index (χ1) is 5.77. The van der Waals surface area contributed by atoms with Crippen LogP contribution in [0.4, 0.5) is 0 Å². The molecule has 0 amide bonds. The molecular weight excluding hydrogens is 152 g/mol. The number of ketones is 1. The fraction of sp³-hybridized carbons (Fsp3) is 0.556. The molecule has 0 unspecified atom stereocenters. The first-order valence-corrected chi connectivity index (χ1v) is 4.33. The second kappa shape index (κ2) is 2.73. The molecule has 0 radical (unpaired) electrons. The standard InChI is InChI=1S/C9H12N2O/c1-11-6-7-8(10-11)4-2-3-5-9(7)12/h6H,2-5H2,1H3. The lowest BCUT2D eigenvalue weighted by molar-refractivity contribution is 0.0982. The summed E-state index contributed by atoms with van der Waals surface area (Å²) in [6.45, 7) is 0. The fourth-order valence-electron chi connectivity index (χ4n) is 1.66. The molecule has 1 aromatic heterocycles. The van der Waals surface area contributed by atoms with Gasteiger partial charge in [-0.25, -0.2) is 0 Å². The molecule has 2 rings (SSSR count). The van der Waals surface area contributed by atoms with Crippen LogP contribution in [0.2, 0.25) is 0 Å². The Morgan fingerprint density at radius 1 is 1.42 bits per heavy atom. The SMILES string of the molecule is Cn1cc2c(n1)CCCCC2=O. The molecule has 1 aliphatic carbocycles. The van der Waals surface area contributed by atoms with Crippen molar-refractivity contribution in [3.63, 3.8) is 0 Å². The molecule has 0 fully saturated rings. The van der Waals surface area contributed by atoms with Crippen LogP contribution in [0, 0.1) is 0 Å². The lowest BCUT2D eigenvalue weighted by Crippen LogP contribution is -1.96. The van der Waals surface area contributed by atoms with Gasteiger partial charge >= 0.3 is 0 Å². The molecule has 0 N–H and O–H groups in total. The van der Waals surface area contributed by atoms with E-state index in [-0.39, 0.29) is 5.78 Å². The molecule has 1 aliphatic rings. The molecule has 0 atom stereocenters. The highest BCUT2D eigenvalue weighted by atomic mass is 16.1. The van der Waals surface area contributed by atoms with E-state index >= 15 is 0 Å². The number of carbonyl (C=O) groups excluding carboxylic acids is 1. The van der Waals surface area contributed by atoms with E-state index in [4.69, 9.17) is 0 Å². The molecule has 0 saturated heterocycles. The van der Waals surface area contributed by atoms with E-state index in [2.05, 4.69) is 5.10 Å². The van der Waals surface area contributed by atoms with E-state index in [1.165, 1.54) is 0 Å². The Kier molecular flexibility index (Phi) is 1.71. The van der Waals surface area contributed by atoms with Crippen LogP contribution in [-0.4, -0.2) is 15.6 Å². The van der Waals surface area contributed by atoms with Crippen LogP contribution >= 0.6 is 0 Å². The summed E-state index contributed by atoms with van der Waals surface area (Å²) in [6, 6.07) is 0. The minimum atomic E-state index is 0.260. The summed E-state index contributed by atoms with van der Waals surface area (Å²) in [5, 5.41) is 4.26. The second-order valence-electron chi connectivity index (χ2n) is 3.29. The van der Waals surface area contributed by atoms with Crippen molar-refractivity contribution in [2.45, 2.75) is 25.7 Å². The van der Waals surface area contributed by atoms with E-state index in [0.717, 1.165) is 30.5 Å². The zero-order valence-electron chi connectivity index (χ0n) is 7.21. The Morgan fingerprint density at radius 2 is 2.17 bits per heavy atom. The summed E-state index contributed by atoms with van der Waals surface area (Å²) in [5.74, 6) is 0.260. The van der Waals surface area contributed by atoms with Gasteiger partial charge in [0.25, 0.3) is 0 Å². The Hall–Kier alpha value is -1.12. The number of aryl methyl sites for hydroxylation is 2. The maximum absolute atomic E-state index is 11.5. The third-order valence-corrected chi connectivity index (χ3v) is 2.27. The van der Waals surface area contributed by atoms with Gasteiger partial charge in [0.15, 0.2) is 5.78 Å². The minimum absolute atomic E-state index is 0.260. The van der Waals surface area contributed by atoms with Crippen LogP contribution in [0.25, 0.3) is 0 Å². The maximum atomic E-state index is 11.5. The number of hydrogen-bond donors (Lipinski definition) is 0. The molecule has 0 bridgehead atoms. The lowest BCUT2D eigenvalue weighted by atomic mass is 10.1. The number of hydrogen-bond acceptors (Lipinski definition) is 2. The molecule has 0 aliphatic heterocycles. The Balaban J connectivity index is 2.44. The molecule has 1 aromatic rings. The van der Waals surface area contributed by atoms with Gasteiger partial charge in [-0.15, -0.1) is 0 Å². The Bertz CT molecular complexity index is 314. The molecule has 0 saturated carbocycles. The molecular formula is C9H12N2O. The summed E-state index contributed by atoms with van der Waals surface area (Å²) < 4.78 is 1.73. The third-order valence-electron chi connectivity index (χ3n) is 2.27. The Morgan fingerprint density at radius 3 is 3.00 bits per heavy atom. The zero-order chi connectivity index (χ0) is 8.55. The van der Waals surface area contributed by atoms with E-state index < -0.39 is 0 Å². The predicted molar refractivity (Wildman–Crippen MR) is 45.1 cm³/mol. The molecule has 3 heteroatoms. The van der Waals surface area contributed by atoms with Crippen molar-refractivity contribution in [2.24, 2.45) is 7.05 Å². The fourth-order valence-corrected chi connectivity index (χ4v) is 1.66. The first-order valence-electron chi connectivity index (χ1n) is 4.33. The van der Waals surface area contributed by atoms with Crippen molar-refractivity contribution >= 4 is 5.78 Å². The minimum Gasteiger partial charge on any atom is -0.294 e. The van der Waals surface area contributed by atoms with Crippen molar-refractivity contribution < 1.29 is 4.79 Å². The quantitative estimate of drug-likeness (QED) is 0.542. The molecule has 1 heterocycles. The van der Waals surface area contributed by atoms with Gasteiger partial charge in [-0.05, 0) is 19.3 Å². The van der Waals surface area contributed by atoms with E-state index in [0.29, 0.717) is 6.42 Å². The summed E-state index contributed by atoms with van der Waals surface area (Å²) in [4.78, 5) is 11.5. The molecule has 0 spiro atoms. The monoisotopic (exact) mass is 164 g/mol. The third kappa shape index (κ3) is 1.15. The number of Topliss-reactive ketones (excluding diaryl/α,β-unsaturated/α-hetero) is 1. The number of carbonyl (C=O) groups is 1. The second-order valence-corrected chi connectivity index (χ2v) is 3.29. The molecule has 3 nitrogen and oxygen atoms in total. The van der Waals surface area contributed by atoms with Gasteiger partial charge < -0.3 is 0 Å². The van der Waals surface area contributed by atoms with Crippen LogP contribution in [0.15, 0.2) is 6.20 Å². The van der Waals surface area contributed by atoms with Crippen LogP contribution in [0.5, 0.6) is 0 Å². The van der Waals surface area contributed by atoms with E-state index in [1.54, 1.807) is 4.68 Å². The molecule has 64 valence electrons. The highest BCUT2D eigenvalue weighted by molar-refractivity contribution is 5.97. The number of aromatic nitrogens is 2. The van der Waals surface area contributed by atoms with Gasteiger partial charge in [-0.1, -0.05) is 0 Å². The van der Waals surface area contributed by atoms with E-state index in [1.807, 2.05) is 13.2 Å². The summed E-state index contributed by atoms with van der Waals surface area (Å²) in [6.07, 6.45) is 5.60. The largest absolute Gasteiger partial charge is 0.294 e. The Labute approximate surface area is 71.4 Å². The van der Waals surface area contributed by atoms with Crippen LogP contribution in [0.3, 0.4) is 0 Å². The highest BCUT2D eigenvalue weighted by Gasteiger charge is 2.17. The van der Waals surface area contributed by atoms with Crippen molar-refractivity contribution in [2.75, 3.05) is 0 Å². The zero-order valence-corrected chi connectivity index (χ0v) is 7.21. The van der Waals surface area contributed by atoms with Gasteiger partial charge in [0.2, 0.25) is 0 Å². The van der Waals surface area contributed by atoms with Crippen molar-refractivity contribution in [1.82, 2.24) is 9.78 Å². The van der Waals surface area contributed by atoms with Crippen molar-refractivity contribution in [1.29, 1.82) is 0 Å². The molecule has 0 aromatic carbocycles. The molecule has 12 heavy (non-hydrogen) atoms. The average molecular weight is 164 g/mol. The summed E-state index contributed by atoms with van der Waals surface area (Å²) in [7, 11) is 1.86. The van der Waals surface area contributed by atoms with Crippen LogP contribution in [-0.2, 0) is 13.5 Å². The van der Waals surface area contributed by atoms with Gasteiger partial charge in [0.1, 0.15) is 0 Å². The number of rotatable bonds is 0. The van der Waals surface area contributed by atoms with Crippen molar-refractivity contribution in [3.05, 3.63) is 17.5 Å². The normalized spacial score (nSPS) is 17.2. The predicted octanol–water partition coefficient (Wildman–Crippen LogP) is 1.33. The highest BCUT2D eigenvalue weighted by Crippen LogP contribution is 2.18. The lowest BCUT2D eigenvalue weighted by Gasteiger charge is -1.90. The number of nitrogens with zero attached hydrogens (tertiary/aromatic N) is 2. The van der Waals surface area contributed by atoms with Gasteiger partial charge in [0.05, 0.1) is 11.3 Å².